The predicted octanol–water partition coefficient (Wildman–Crippen LogP) is 2.78. The summed E-state index contributed by atoms with van der Waals surface area (Å²) in [5, 5.41) is 2.76. The Balaban J connectivity index is 2.39. The highest BCUT2D eigenvalue weighted by Gasteiger charge is 2.00. The predicted molar refractivity (Wildman–Crippen MR) is 55.2 cm³/mol. The van der Waals surface area contributed by atoms with Gasteiger partial charge in [0.2, 0.25) is 0 Å². The number of aromatic nitrogens is 1. The van der Waals surface area contributed by atoms with Crippen LogP contribution in [0.3, 0.4) is 0 Å². The Morgan fingerprint density at radius 3 is 2.91 bits per heavy atom. The lowest BCUT2D eigenvalue weighted by Gasteiger charge is -2.03. The first-order chi connectivity index (χ1) is 5.18. The molecule has 11 heavy (non-hydrogen) atoms. The van der Waals surface area contributed by atoms with E-state index < -0.39 is 0 Å². The minimum Gasteiger partial charge on any atom is -0.470 e. The zero-order chi connectivity index (χ0) is 8.27. The van der Waals surface area contributed by atoms with Crippen molar-refractivity contribution >= 4 is 33.9 Å². The minimum absolute atomic E-state index is 0.566. The average molecular weight is 283 g/mol. The Labute approximate surface area is 84.1 Å². The first-order valence-electron chi connectivity index (χ1n) is 3.42. The molecule has 0 spiro atoms. The lowest BCUT2D eigenvalue weighted by atomic mass is 10.2. The van der Waals surface area contributed by atoms with Crippen molar-refractivity contribution < 1.29 is 4.74 Å². The van der Waals surface area contributed by atoms with E-state index in [0.717, 1.165) is 15.5 Å². The van der Waals surface area contributed by atoms with E-state index in [9.17, 15) is 0 Å². The molecule has 0 N–H and O–H groups in total. The van der Waals surface area contributed by atoms with Crippen molar-refractivity contribution in [3.05, 3.63) is 9.08 Å². The second kappa shape index (κ2) is 4.25. The van der Waals surface area contributed by atoms with E-state index in [0.29, 0.717) is 5.92 Å². The van der Waals surface area contributed by atoms with Gasteiger partial charge in [-0.1, -0.05) is 25.2 Å². The Morgan fingerprint density at radius 1 is 1.73 bits per heavy atom. The van der Waals surface area contributed by atoms with E-state index in [1.807, 2.05) is 5.38 Å². The second-order valence-corrected chi connectivity index (χ2v) is 4.57. The largest absolute Gasteiger partial charge is 0.470 e. The molecule has 0 atom stereocenters. The van der Waals surface area contributed by atoms with Crippen LogP contribution in [-0.4, -0.2) is 11.6 Å². The maximum atomic E-state index is 5.39. The molecule has 0 bridgehead atoms. The first kappa shape index (κ1) is 9.25. The normalized spacial score (nSPS) is 10.5. The topological polar surface area (TPSA) is 22.1 Å². The van der Waals surface area contributed by atoms with Crippen molar-refractivity contribution in [2.45, 2.75) is 13.8 Å². The van der Waals surface area contributed by atoms with Crippen molar-refractivity contribution in [1.29, 1.82) is 0 Å². The van der Waals surface area contributed by atoms with Gasteiger partial charge >= 0.3 is 0 Å². The van der Waals surface area contributed by atoms with Crippen LogP contribution >= 0.6 is 33.9 Å². The molecule has 1 rings (SSSR count). The summed E-state index contributed by atoms with van der Waals surface area (Å²) in [7, 11) is 0. The Morgan fingerprint density at radius 2 is 2.45 bits per heavy atom. The van der Waals surface area contributed by atoms with Crippen molar-refractivity contribution in [3.63, 3.8) is 0 Å². The Hall–Kier alpha value is 0.160. The summed E-state index contributed by atoms with van der Waals surface area (Å²) >= 11 is 3.73. The van der Waals surface area contributed by atoms with E-state index >= 15 is 0 Å². The summed E-state index contributed by atoms with van der Waals surface area (Å²) in [6, 6.07) is 0. The van der Waals surface area contributed by atoms with Gasteiger partial charge in [-0.3, -0.25) is 0 Å². The molecule has 0 radical (unpaired) electrons. The molecule has 0 aliphatic heterocycles. The fourth-order valence-electron chi connectivity index (χ4n) is 0.543. The van der Waals surface area contributed by atoms with Gasteiger partial charge in [-0.25, -0.2) is 0 Å². The monoisotopic (exact) mass is 283 g/mol. The van der Waals surface area contributed by atoms with Gasteiger partial charge in [-0.15, -0.1) is 0 Å². The lowest BCUT2D eigenvalue weighted by Crippen LogP contribution is -2.03. The SMILES string of the molecule is CC(C)COc1nc(I)cs1. The third-order valence-corrected chi connectivity index (χ3v) is 2.72. The van der Waals surface area contributed by atoms with Crippen LogP contribution in [0, 0.1) is 9.62 Å². The van der Waals surface area contributed by atoms with Gasteiger partial charge in [0.05, 0.1) is 6.61 Å². The molecule has 0 aliphatic carbocycles. The standard InChI is InChI=1S/C7H10INOS/c1-5(2)3-10-7-9-6(8)4-11-7/h4-5H,3H2,1-2H3. The summed E-state index contributed by atoms with van der Waals surface area (Å²) in [4.78, 5) is 4.17. The minimum atomic E-state index is 0.566. The van der Waals surface area contributed by atoms with Crippen molar-refractivity contribution in [2.24, 2.45) is 5.92 Å². The number of nitrogens with zero attached hydrogens (tertiary/aromatic N) is 1. The van der Waals surface area contributed by atoms with Crippen LogP contribution in [0.15, 0.2) is 5.38 Å². The molecule has 1 heterocycles. The van der Waals surface area contributed by atoms with Crippen LogP contribution in [0.2, 0.25) is 0 Å². The molecular weight excluding hydrogens is 273 g/mol. The van der Waals surface area contributed by atoms with Gasteiger partial charge in [0.15, 0.2) is 0 Å². The van der Waals surface area contributed by atoms with Crippen LogP contribution in [0.5, 0.6) is 5.19 Å². The van der Waals surface area contributed by atoms with E-state index in [4.69, 9.17) is 4.74 Å². The summed E-state index contributed by atoms with van der Waals surface area (Å²) in [5.74, 6) is 0.566. The van der Waals surface area contributed by atoms with E-state index in [1.54, 1.807) is 11.3 Å². The van der Waals surface area contributed by atoms with Gasteiger partial charge in [0.1, 0.15) is 3.70 Å². The highest BCUT2D eigenvalue weighted by atomic mass is 127. The summed E-state index contributed by atoms with van der Waals surface area (Å²) in [6.45, 7) is 5.00. The number of rotatable bonds is 3. The summed E-state index contributed by atoms with van der Waals surface area (Å²) in [6.07, 6.45) is 0. The van der Waals surface area contributed by atoms with Gasteiger partial charge in [-0.05, 0) is 28.5 Å². The van der Waals surface area contributed by atoms with Gasteiger partial charge < -0.3 is 4.74 Å². The molecule has 0 aromatic carbocycles. The van der Waals surface area contributed by atoms with E-state index in [1.165, 1.54) is 0 Å². The van der Waals surface area contributed by atoms with Crippen LogP contribution in [-0.2, 0) is 0 Å². The van der Waals surface area contributed by atoms with Crippen LogP contribution in [0.25, 0.3) is 0 Å². The lowest BCUT2D eigenvalue weighted by molar-refractivity contribution is 0.269. The molecule has 4 heteroatoms. The van der Waals surface area contributed by atoms with Gasteiger partial charge in [0.25, 0.3) is 5.19 Å². The number of hydrogen-bond acceptors (Lipinski definition) is 3. The summed E-state index contributed by atoms with van der Waals surface area (Å²) in [5.41, 5.74) is 0. The van der Waals surface area contributed by atoms with Crippen molar-refractivity contribution in [3.8, 4) is 5.19 Å². The molecule has 1 aromatic heterocycles. The zero-order valence-electron chi connectivity index (χ0n) is 6.50. The molecule has 62 valence electrons. The third kappa shape index (κ3) is 3.37. The van der Waals surface area contributed by atoms with Crippen molar-refractivity contribution in [2.75, 3.05) is 6.61 Å². The fraction of sp³-hybridized carbons (Fsp3) is 0.571. The van der Waals surface area contributed by atoms with Crippen LogP contribution < -0.4 is 4.74 Å². The maximum Gasteiger partial charge on any atom is 0.274 e. The van der Waals surface area contributed by atoms with E-state index in [2.05, 4.69) is 41.4 Å². The number of thiazole rings is 1. The second-order valence-electron chi connectivity index (χ2n) is 2.64. The highest BCUT2D eigenvalue weighted by molar-refractivity contribution is 14.1. The van der Waals surface area contributed by atoms with Crippen LogP contribution in [0.1, 0.15) is 13.8 Å². The number of ether oxygens (including phenoxy) is 1. The molecule has 0 amide bonds. The number of hydrogen-bond donors (Lipinski definition) is 0. The highest BCUT2D eigenvalue weighted by Crippen LogP contribution is 2.19. The molecular formula is C7H10INOS. The fourth-order valence-corrected chi connectivity index (χ4v) is 1.85. The maximum absolute atomic E-state index is 5.39. The molecule has 0 saturated heterocycles. The molecule has 0 saturated carbocycles. The smallest absolute Gasteiger partial charge is 0.274 e. The van der Waals surface area contributed by atoms with E-state index in [-0.39, 0.29) is 0 Å². The Kier molecular flexibility index (Phi) is 3.58. The molecule has 0 fully saturated rings. The third-order valence-electron chi connectivity index (χ3n) is 0.995. The van der Waals surface area contributed by atoms with Gasteiger partial charge in [-0.2, -0.15) is 4.98 Å². The summed E-state index contributed by atoms with van der Waals surface area (Å²) < 4.78 is 6.40. The molecule has 0 unspecified atom stereocenters. The van der Waals surface area contributed by atoms with Crippen LogP contribution in [0.4, 0.5) is 0 Å². The molecule has 0 aliphatic rings. The first-order valence-corrected chi connectivity index (χ1v) is 5.38. The quantitative estimate of drug-likeness (QED) is 0.796. The Bertz CT molecular complexity index is 224. The van der Waals surface area contributed by atoms with Gasteiger partial charge in [0, 0.05) is 5.38 Å². The zero-order valence-corrected chi connectivity index (χ0v) is 9.48. The molecule has 1 aromatic rings. The van der Waals surface area contributed by atoms with Crippen molar-refractivity contribution in [1.82, 2.24) is 4.98 Å². The average Bonchev–Trinajstić information content (AvgIpc) is 2.31. The molecule has 2 nitrogen and oxygen atoms in total. The number of halogens is 1.